The van der Waals surface area contributed by atoms with E-state index in [0.717, 1.165) is 59.4 Å². The number of carbonyl (C=O) groups excluding carboxylic acids is 1. The topological polar surface area (TPSA) is 243 Å². The van der Waals surface area contributed by atoms with Gasteiger partial charge in [0.15, 0.2) is 18.6 Å². The van der Waals surface area contributed by atoms with Crippen molar-refractivity contribution in [1.82, 2.24) is 34.0 Å². The van der Waals surface area contributed by atoms with Gasteiger partial charge in [-0.3, -0.25) is 28.7 Å². The van der Waals surface area contributed by atoms with Crippen LogP contribution in [-0.4, -0.2) is 132 Å². The number of carbonyl (C=O) groups is 1. The zero-order chi connectivity index (χ0) is 65.3. The fourth-order valence-corrected chi connectivity index (χ4v) is 14.1. The van der Waals surface area contributed by atoms with Crippen molar-refractivity contribution in [3.63, 3.8) is 0 Å². The van der Waals surface area contributed by atoms with Crippen LogP contribution in [0.15, 0.2) is 123 Å². The lowest BCUT2D eigenvalue weighted by atomic mass is 9.80. The van der Waals surface area contributed by atoms with Gasteiger partial charge in [-0.1, -0.05) is 151 Å². The second-order valence-corrected chi connectivity index (χ2v) is 25.4. The summed E-state index contributed by atoms with van der Waals surface area (Å²) in [6.07, 6.45) is 10.5. The zero-order valence-electron chi connectivity index (χ0n) is 54.3. The molecule has 2 fully saturated rings. The zero-order valence-corrected chi connectivity index (χ0v) is 55.2. The molecule has 2 amide bonds. The van der Waals surface area contributed by atoms with E-state index < -0.39 is 91.6 Å². The fraction of sp³-hybridized carbons (Fsp3) is 0.588. The van der Waals surface area contributed by atoms with E-state index in [0.29, 0.717) is 17.9 Å². The number of rotatable bonds is 39. The number of nitriles is 1. The van der Waals surface area contributed by atoms with Crippen molar-refractivity contribution in [2.45, 2.75) is 198 Å². The highest BCUT2D eigenvalue weighted by Gasteiger charge is 2.52. The number of unbranched alkanes of at least 4 members (excludes halogenated alkanes) is 14. The highest BCUT2D eigenvalue weighted by atomic mass is 31.2. The standard InChI is InChI=1S/C68H96FN8O13P/c1-9-10-11-12-13-14-15-16-17-18-19-20-21-22-26-41-74(46-56-62(60(69)63(88-56)75-42-38-58(78)72-66(75)81)90-91(87-44-27-40-70)77(48(2)3)49(4)5)65(80)71-45-55-57(89-64(61(55)85-8)76-43-39-59(79)73-67(76)82)47-86-68(50-28-24-23-25-29-50,51-30-34-53(83-6)35-31-51)52-32-36-54(84-7)37-33-52/h23-25,28-39,42-43,48-49,55-57,60-64H,9-22,26-27,41,44-47H2,1-8H3,(H,71,80)(H,72,78,81)(H,73,79,82)/t55-,56-,57-,60-,61-,62-,63-,64-,91?/m1/s1. The van der Waals surface area contributed by atoms with Crippen LogP contribution >= 0.6 is 8.53 Å². The van der Waals surface area contributed by atoms with E-state index in [4.69, 9.17) is 37.5 Å². The third kappa shape index (κ3) is 19.5. The van der Waals surface area contributed by atoms with Crippen LogP contribution in [0.1, 0.15) is 166 Å². The monoisotopic (exact) mass is 1280 g/mol. The molecule has 91 heavy (non-hydrogen) atoms. The van der Waals surface area contributed by atoms with Crippen molar-refractivity contribution in [2.75, 3.05) is 54.2 Å². The summed E-state index contributed by atoms with van der Waals surface area (Å²) in [5, 5.41) is 12.7. The van der Waals surface area contributed by atoms with E-state index in [2.05, 4.69) is 28.3 Å². The lowest BCUT2D eigenvalue weighted by molar-refractivity contribution is -0.0928. The predicted octanol–water partition coefficient (Wildman–Crippen LogP) is 11.4. The Morgan fingerprint density at radius 3 is 1.66 bits per heavy atom. The molecule has 1 unspecified atom stereocenters. The number of H-pyrrole nitrogens is 2. The van der Waals surface area contributed by atoms with E-state index in [1.54, 1.807) is 19.1 Å². The molecule has 3 aromatic carbocycles. The van der Waals surface area contributed by atoms with Crippen molar-refractivity contribution in [3.05, 3.63) is 162 Å². The third-order valence-electron chi connectivity index (χ3n) is 17.0. The van der Waals surface area contributed by atoms with E-state index >= 15 is 9.18 Å². The molecule has 2 aliphatic rings. The maximum Gasteiger partial charge on any atom is 0.330 e. The molecule has 23 heteroatoms. The summed E-state index contributed by atoms with van der Waals surface area (Å²) < 4.78 is 72.9. The van der Waals surface area contributed by atoms with Gasteiger partial charge in [-0.05, 0) is 75.1 Å². The minimum Gasteiger partial charge on any atom is -0.497 e. The average molecular weight is 1280 g/mol. The van der Waals surface area contributed by atoms with Gasteiger partial charge in [-0.15, -0.1) is 0 Å². The summed E-state index contributed by atoms with van der Waals surface area (Å²) >= 11 is 0. The lowest BCUT2D eigenvalue weighted by Gasteiger charge is -2.38. The smallest absolute Gasteiger partial charge is 0.330 e. The number of benzene rings is 3. The van der Waals surface area contributed by atoms with Gasteiger partial charge in [0, 0.05) is 62.7 Å². The fourth-order valence-electron chi connectivity index (χ4n) is 12.3. The van der Waals surface area contributed by atoms with Crippen molar-refractivity contribution in [2.24, 2.45) is 5.92 Å². The summed E-state index contributed by atoms with van der Waals surface area (Å²) in [5.41, 5.74) is -1.93. The van der Waals surface area contributed by atoms with Gasteiger partial charge < -0.3 is 47.7 Å². The number of hydrogen-bond donors (Lipinski definition) is 3. The Hall–Kier alpha value is -6.54. The van der Waals surface area contributed by atoms with Crippen LogP contribution in [0.2, 0.25) is 0 Å². The van der Waals surface area contributed by atoms with Crippen molar-refractivity contribution >= 4 is 14.6 Å². The number of nitrogens with zero attached hydrogens (tertiary/aromatic N) is 5. The number of aromatic nitrogens is 4. The summed E-state index contributed by atoms with van der Waals surface area (Å²) in [7, 11) is 2.61. The second-order valence-electron chi connectivity index (χ2n) is 24.0. The minimum absolute atomic E-state index is 0.00281. The lowest BCUT2D eigenvalue weighted by Crippen LogP contribution is -2.50. The first-order valence-corrected chi connectivity index (χ1v) is 33.6. The summed E-state index contributed by atoms with van der Waals surface area (Å²) in [4.78, 5) is 73.2. The molecule has 2 aliphatic heterocycles. The quantitative estimate of drug-likeness (QED) is 0.0188. The predicted molar refractivity (Wildman–Crippen MR) is 348 cm³/mol. The maximum atomic E-state index is 17.6. The third-order valence-corrected chi connectivity index (χ3v) is 19.1. The maximum absolute atomic E-state index is 17.6. The van der Waals surface area contributed by atoms with Gasteiger partial charge in [0.2, 0.25) is 0 Å². The van der Waals surface area contributed by atoms with Crippen LogP contribution < -0.4 is 37.3 Å². The van der Waals surface area contributed by atoms with Gasteiger partial charge in [-0.25, -0.2) is 23.4 Å². The van der Waals surface area contributed by atoms with Gasteiger partial charge in [-0.2, -0.15) is 5.26 Å². The van der Waals surface area contributed by atoms with E-state index in [9.17, 15) is 24.4 Å². The Morgan fingerprint density at radius 1 is 0.681 bits per heavy atom. The van der Waals surface area contributed by atoms with Crippen LogP contribution in [0.5, 0.6) is 11.5 Å². The van der Waals surface area contributed by atoms with Gasteiger partial charge in [0.05, 0.1) is 52.6 Å². The molecule has 3 N–H and O–H groups in total. The highest BCUT2D eigenvalue weighted by Crippen LogP contribution is 2.51. The number of aromatic amines is 2. The van der Waals surface area contributed by atoms with E-state index in [1.807, 2.05) is 111 Å². The number of nitrogens with one attached hydrogen (secondary N) is 3. The van der Waals surface area contributed by atoms with Crippen molar-refractivity contribution in [3.8, 4) is 17.6 Å². The van der Waals surface area contributed by atoms with Crippen LogP contribution in [0.4, 0.5) is 9.18 Å². The Kier molecular flexibility index (Phi) is 28.9. The molecule has 0 spiro atoms. The number of amides is 2. The van der Waals surface area contributed by atoms with E-state index in [1.165, 1.54) is 87.9 Å². The van der Waals surface area contributed by atoms with Crippen LogP contribution in [-0.2, 0) is 33.6 Å². The molecule has 4 heterocycles. The normalized spacial score (nSPS) is 20.3. The number of hydrogen-bond acceptors (Lipinski definition) is 15. The molecule has 2 aromatic heterocycles. The van der Waals surface area contributed by atoms with Crippen molar-refractivity contribution < 1.29 is 46.7 Å². The number of urea groups is 1. The Bertz CT molecular complexity index is 3200. The molecule has 7 rings (SSSR count). The van der Waals surface area contributed by atoms with Gasteiger partial charge >= 0.3 is 17.4 Å². The highest BCUT2D eigenvalue weighted by molar-refractivity contribution is 7.44. The largest absolute Gasteiger partial charge is 0.497 e. The molecule has 498 valence electrons. The second kappa shape index (κ2) is 36.6. The molecule has 0 aliphatic carbocycles. The van der Waals surface area contributed by atoms with Gasteiger partial charge in [0.1, 0.15) is 35.4 Å². The average Bonchev–Trinajstić information content (AvgIpc) is 1.51. The molecule has 21 nitrogen and oxygen atoms in total. The Labute approximate surface area is 535 Å². The van der Waals surface area contributed by atoms with Crippen LogP contribution in [0, 0.1) is 17.2 Å². The Morgan fingerprint density at radius 2 is 1.18 bits per heavy atom. The first-order valence-electron chi connectivity index (χ1n) is 32.5. The minimum atomic E-state index is -2.06. The van der Waals surface area contributed by atoms with Crippen LogP contribution in [0.3, 0.4) is 0 Å². The number of ether oxygens (including phenoxy) is 6. The molecule has 5 aromatic rings. The Balaban J connectivity index is 1.21. The SMILES string of the molecule is CCCCCCCCCCCCCCCCCN(C[C@H]1O[C@@H](n2ccc(=O)[nH]c2=O)[C@H](F)[C@@H]1OP(OCCC#N)N(C(C)C)C(C)C)C(=O)NC[C@H]1[C@@H](OC)[C@H](n2ccc(=O)[nH]c2=O)O[C@@H]1COC(c1ccccc1)(c1ccc(OC)cc1)c1ccc(OC)cc1. The number of halogens is 1. The molecule has 0 bridgehead atoms. The number of methoxy groups -OCH3 is 3. The van der Waals surface area contributed by atoms with Crippen LogP contribution in [0.25, 0.3) is 0 Å². The number of alkyl halides is 1. The van der Waals surface area contributed by atoms with Crippen molar-refractivity contribution in [1.29, 1.82) is 5.26 Å². The summed E-state index contributed by atoms with van der Waals surface area (Å²) in [5.74, 6) is 0.530. The van der Waals surface area contributed by atoms with E-state index in [-0.39, 0.29) is 51.4 Å². The van der Waals surface area contributed by atoms with Gasteiger partial charge in [0.25, 0.3) is 19.6 Å². The molecular weight excluding hydrogens is 1190 g/mol. The molecule has 0 radical (unpaired) electrons. The molecule has 2 saturated heterocycles. The summed E-state index contributed by atoms with van der Waals surface area (Å²) in [6, 6.07) is 28.4. The first-order chi connectivity index (χ1) is 44.1. The molecule has 9 atom stereocenters. The molecule has 0 saturated carbocycles. The first kappa shape index (κ1) is 71.9. The molecular formula is C68H96FN8O13P. The summed E-state index contributed by atoms with van der Waals surface area (Å²) in [6.45, 7) is 9.83.